The highest BCUT2D eigenvalue weighted by molar-refractivity contribution is 5.95. The summed E-state index contributed by atoms with van der Waals surface area (Å²) in [6.07, 6.45) is 9.26. The predicted molar refractivity (Wildman–Crippen MR) is 140 cm³/mol. The van der Waals surface area contributed by atoms with Crippen LogP contribution in [0, 0.1) is 18.3 Å². The number of ether oxygens (including phenoxy) is 1. The van der Waals surface area contributed by atoms with Crippen LogP contribution in [0.25, 0.3) is 0 Å². The number of carbonyl (C=O) groups is 3. The van der Waals surface area contributed by atoms with Crippen LogP contribution < -0.4 is 10.6 Å². The first-order valence-corrected chi connectivity index (χ1v) is 13.5. The molecule has 3 atom stereocenters. The second-order valence-electron chi connectivity index (χ2n) is 10.7. The van der Waals surface area contributed by atoms with Gasteiger partial charge in [-0.1, -0.05) is 47.6 Å². The third kappa shape index (κ3) is 5.67. The molecule has 4 heterocycles. The quantitative estimate of drug-likeness (QED) is 0.602. The molecule has 0 saturated carbocycles. The minimum absolute atomic E-state index is 0.0474. The lowest BCUT2D eigenvalue weighted by Crippen LogP contribution is -2.58. The van der Waals surface area contributed by atoms with E-state index in [4.69, 9.17) is 9.26 Å². The third-order valence-corrected chi connectivity index (χ3v) is 8.28. The van der Waals surface area contributed by atoms with E-state index in [-0.39, 0.29) is 29.7 Å². The van der Waals surface area contributed by atoms with Gasteiger partial charge in [0.1, 0.15) is 17.4 Å². The van der Waals surface area contributed by atoms with Crippen molar-refractivity contribution in [3.8, 4) is 0 Å². The molecule has 2 fully saturated rings. The summed E-state index contributed by atoms with van der Waals surface area (Å²) in [7, 11) is 0. The second kappa shape index (κ2) is 11.5. The average molecular weight is 521 g/mol. The SMILES string of the molecule is Cc1oncc1C(=O)N1CC[C@@H]2NC(=O)[C@@H](Cc3ccccc3)NC(=O)C3(C/C=C/C[C@@H]2C1)CCOCC3. The molecule has 3 amide bonds. The Bertz CT molecular complexity index is 1170. The number of rotatable bonds is 3. The van der Waals surface area contributed by atoms with E-state index in [0.717, 1.165) is 5.56 Å². The van der Waals surface area contributed by atoms with E-state index in [0.29, 0.717) is 76.2 Å². The second-order valence-corrected chi connectivity index (χ2v) is 10.7. The fourth-order valence-corrected chi connectivity index (χ4v) is 5.84. The number of carbonyl (C=O) groups excluding carboxylic acids is 3. The van der Waals surface area contributed by atoms with Gasteiger partial charge in [0.2, 0.25) is 11.8 Å². The summed E-state index contributed by atoms with van der Waals surface area (Å²) in [5, 5.41) is 10.1. The van der Waals surface area contributed by atoms with Gasteiger partial charge >= 0.3 is 0 Å². The predicted octanol–water partition coefficient (Wildman–Crippen LogP) is 2.80. The summed E-state index contributed by atoms with van der Waals surface area (Å²) in [5.74, 6) is 0.192. The van der Waals surface area contributed by atoms with Gasteiger partial charge in [0.05, 0.1) is 11.6 Å². The molecular formula is C29H36N4O5. The van der Waals surface area contributed by atoms with Crippen molar-refractivity contribution in [1.82, 2.24) is 20.7 Å². The Morgan fingerprint density at radius 3 is 2.66 bits per heavy atom. The van der Waals surface area contributed by atoms with Crippen LogP contribution in [-0.2, 0) is 20.7 Å². The van der Waals surface area contributed by atoms with Crippen LogP contribution in [0.4, 0.5) is 0 Å². The Labute approximate surface area is 223 Å². The van der Waals surface area contributed by atoms with Crippen LogP contribution in [0.1, 0.15) is 53.8 Å². The van der Waals surface area contributed by atoms with Crippen LogP contribution >= 0.6 is 0 Å². The molecule has 1 spiro atoms. The number of hydrogen-bond acceptors (Lipinski definition) is 6. The standard InChI is InChI=1S/C29H36N4O5/c1-20-23(18-30-38-20)27(35)33-14-10-24-22(19-33)9-5-6-11-29(12-15-37-16-13-29)28(36)32-25(26(34)31-24)17-21-7-3-2-4-8-21/h2-8,18,22,24-25H,9-17,19H2,1H3,(H,31,34)(H,32,36)/b6-5+/t22-,24+,25-/m1/s1. The molecule has 2 saturated heterocycles. The summed E-state index contributed by atoms with van der Waals surface area (Å²) < 4.78 is 10.7. The lowest BCUT2D eigenvalue weighted by atomic mass is 9.75. The number of allylic oxidation sites excluding steroid dienone is 2. The van der Waals surface area contributed by atoms with Gasteiger partial charge in [-0.25, -0.2) is 0 Å². The van der Waals surface area contributed by atoms with Crippen molar-refractivity contribution in [2.24, 2.45) is 11.3 Å². The number of aryl methyl sites for hydroxylation is 1. The van der Waals surface area contributed by atoms with Crippen molar-refractivity contribution in [2.75, 3.05) is 26.3 Å². The highest BCUT2D eigenvalue weighted by Gasteiger charge is 2.42. The fourth-order valence-electron chi connectivity index (χ4n) is 5.84. The minimum atomic E-state index is -0.687. The number of fused-ring (bicyclic) bond motifs is 1. The molecule has 2 aromatic rings. The van der Waals surface area contributed by atoms with Crippen molar-refractivity contribution in [1.29, 1.82) is 0 Å². The lowest BCUT2D eigenvalue weighted by molar-refractivity contribution is -0.140. The van der Waals surface area contributed by atoms with E-state index in [2.05, 4.69) is 27.9 Å². The van der Waals surface area contributed by atoms with Gasteiger partial charge in [-0.05, 0) is 44.6 Å². The van der Waals surface area contributed by atoms with Crippen molar-refractivity contribution >= 4 is 17.7 Å². The molecule has 0 aliphatic carbocycles. The molecule has 9 nitrogen and oxygen atoms in total. The molecule has 1 aromatic carbocycles. The molecule has 9 heteroatoms. The monoisotopic (exact) mass is 520 g/mol. The smallest absolute Gasteiger partial charge is 0.259 e. The zero-order valence-electron chi connectivity index (χ0n) is 21.9. The largest absolute Gasteiger partial charge is 0.381 e. The highest BCUT2D eigenvalue weighted by atomic mass is 16.5. The molecule has 3 aliphatic heterocycles. The topological polar surface area (TPSA) is 114 Å². The number of aromatic nitrogens is 1. The van der Waals surface area contributed by atoms with Gasteiger partial charge in [-0.15, -0.1) is 0 Å². The third-order valence-electron chi connectivity index (χ3n) is 8.28. The molecule has 2 N–H and O–H groups in total. The first-order valence-electron chi connectivity index (χ1n) is 13.5. The van der Waals surface area contributed by atoms with Crippen LogP contribution in [0.2, 0.25) is 0 Å². The van der Waals surface area contributed by atoms with Crippen LogP contribution in [-0.4, -0.2) is 66.2 Å². The molecule has 5 rings (SSSR count). The maximum Gasteiger partial charge on any atom is 0.259 e. The maximum atomic E-state index is 13.7. The van der Waals surface area contributed by atoms with E-state index in [1.807, 2.05) is 35.2 Å². The van der Waals surface area contributed by atoms with E-state index < -0.39 is 11.5 Å². The van der Waals surface area contributed by atoms with E-state index in [9.17, 15) is 14.4 Å². The van der Waals surface area contributed by atoms with Crippen molar-refractivity contribution in [2.45, 2.75) is 57.5 Å². The Balaban J connectivity index is 1.40. The van der Waals surface area contributed by atoms with Crippen molar-refractivity contribution in [3.63, 3.8) is 0 Å². The fraction of sp³-hybridized carbons (Fsp3) is 0.517. The Hall–Kier alpha value is -3.46. The molecule has 1 aromatic heterocycles. The molecule has 38 heavy (non-hydrogen) atoms. The first kappa shape index (κ1) is 26.2. The van der Waals surface area contributed by atoms with Crippen LogP contribution in [0.5, 0.6) is 0 Å². The van der Waals surface area contributed by atoms with Crippen LogP contribution in [0.3, 0.4) is 0 Å². The zero-order chi connectivity index (χ0) is 26.5. The van der Waals surface area contributed by atoms with Gasteiger partial charge in [-0.2, -0.15) is 0 Å². The highest BCUT2D eigenvalue weighted by Crippen LogP contribution is 2.36. The van der Waals surface area contributed by atoms with Gasteiger partial charge < -0.3 is 24.8 Å². The van der Waals surface area contributed by atoms with Crippen molar-refractivity contribution < 1.29 is 23.6 Å². The molecule has 202 valence electrons. The normalized spacial score (nSPS) is 26.9. The number of hydrogen-bond donors (Lipinski definition) is 2. The van der Waals surface area contributed by atoms with Crippen molar-refractivity contribution in [3.05, 3.63) is 65.6 Å². The summed E-state index contributed by atoms with van der Waals surface area (Å²) >= 11 is 0. The zero-order valence-corrected chi connectivity index (χ0v) is 21.9. The van der Waals surface area contributed by atoms with E-state index in [1.54, 1.807) is 6.92 Å². The minimum Gasteiger partial charge on any atom is -0.381 e. The molecule has 0 radical (unpaired) electrons. The summed E-state index contributed by atoms with van der Waals surface area (Å²) in [4.78, 5) is 42.3. The Morgan fingerprint density at radius 1 is 1.13 bits per heavy atom. The van der Waals surface area contributed by atoms with E-state index in [1.165, 1.54) is 6.20 Å². The number of nitrogens with zero attached hydrogens (tertiary/aromatic N) is 2. The number of nitrogens with one attached hydrogen (secondary N) is 2. The number of benzene rings is 1. The van der Waals surface area contributed by atoms with Gasteiger partial charge in [-0.3, -0.25) is 14.4 Å². The average Bonchev–Trinajstić information content (AvgIpc) is 3.37. The molecule has 0 unspecified atom stereocenters. The maximum absolute atomic E-state index is 13.7. The van der Waals surface area contributed by atoms with Crippen LogP contribution in [0.15, 0.2) is 53.2 Å². The van der Waals surface area contributed by atoms with Gasteiger partial charge in [0.25, 0.3) is 5.91 Å². The van der Waals surface area contributed by atoms with E-state index >= 15 is 0 Å². The number of piperidine rings is 1. The van der Waals surface area contributed by atoms with Gasteiger partial charge in [0.15, 0.2) is 0 Å². The Kier molecular flexibility index (Phi) is 7.93. The molecular weight excluding hydrogens is 484 g/mol. The molecule has 0 bridgehead atoms. The summed E-state index contributed by atoms with van der Waals surface area (Å²) in [6.45, 7) is 3.84. The van der Waals surface area contributed by atoms with Gasteiger partial charge in [0, 0.05) is 44.7 Å². The summed E-state index contributed by atoms with van der Waals surface area (Å²) in [5.41, 5.74) is 0.869. The first-order chi connectivity index (χ1) is 18.4. The lowest BCUT2D eigenvalue weighted by Gasteiger charge is -2.40. The Morgan fingerprint density at radius 2 is 1.92 bits per heavy atom. The number of amides is 3. The number of likely N-dealkylation sites (tertiary alicyclic amines) is 1. The molecule has 3 aliphatic rings. The summed E-state index contributed by atoms with van der Waals surface area (Å²) in [6, 6.07) is 8.97.